The largest absolute Gasteiger partial charge is 0.493 e. The van der Waals surface area contributed by atoms with Crippen molar-refractivity contribution < 1.29 is 22.7 Å². The Morgan fingerprint density at radius 1 is 1.20 bits per heavy atom. The summed E-state index contributed by atoms with van der Waals surface area (Å²) in [6.07, 6.45) is 1.89. The van der Waals surface area contributed by atoms with Gasteiger partial charge in [-0.15, -0.1) is 0 Å². The third-order valence-corrected chi connectivity index (χ3v) is 6.00. The molecule has 1 aromatic rings. The van der Waals surface area contributed by atoms with Gasteiger partial charge in [0.2, 0.25) is 15.9 Å². The van der Waals surface area contributed by atoms with Crippen LogP contribution in [0.15, 0.2) is 23.1 Å². The molecule has 1 saturated heterocycles. The fourth-order valence-corrected chi connectivity index (χ4v) is 4.05. The Labute approximate surface area is 149 Å². The number of likely N-dealkylation sites (tertiary alicyclic amines) is 1. The van der Waals surface area contributed by atoms with E-state index >= 15 is 0 Å². The summed E-state index contributed by atoms with van der Waals surface area (Å²) >= 11 is 0. The average Bonchev–Trinajstić information content (AvgIpc) is 2.60. The molecule has 1 aromatic carbocycles. The summed E-state index contributed by atoms with van der Waals surface area (Å²) in [6, 6.07) is 3.49. The predicted octanol–water partition coefficient (Wildman–Crippen LogP) is 1.63. The highest BCUT2D eigenvalue weighted by Crippen LogP contribution is 2.29. The van der Waals surface area contributed by atoms with Crippen LogP contribution in [0.3, 0.4) is 0 Å². The van der Waals surface area contributed by atoms with Crippen molar-refractivity contribution in [2.45, 2.75) is 37.6 Å². The van der Waals surface area contributed by atoms with Crippen LogP contribution in [-0.2, 0) is 14.8 Å². The number of nitrogens with one attached hydrogen (secondary N) is 1. The summed E-state index contributed by atoms with van der Waals surface area (Å²) in [6.45, 7) is 5.06. The van der Waals surface area contributed by atoms with Crippen molar-refractivity contribution in [2.24, 2.45) is 5.92 Å². The number of piperidine rings is 1. The Morgan fingerprint density at radius 2 is 1.80 bits per heavy atom. The summed E-state index contributed by atoms with van der Waals surface area (Å²) in [4.78, 5) is 14.2. The molecule has 25 heavy (non-hydrogen) atoms. The number of benzene rings is 1. The number of ether oxygens (including phenoxy) is 2. The minimum atomic E-state index is -3.84. The van der Waals surface area contributed by atoms with Crippen LogP contribution in [-0.4, -0.2) is 52.6 Å². The maximum absolute atomic E-state index is 12.6. The smallest absolute Gasteiger partial charge is 0.241 e. The number of carbonyl (C=O) groups is 1. The molecule has 0 saturated carbocycles. The summed E-state index contributed by atoms with van der Waals surface area (Å²) in [5.74, 6) is 1.15. The molecule has 0 aromatic heterocycles. The first kappa shape index (κ1) is 19.5. The van der Waals surface area contributed by atoms with E-state index < -0.39 is 16.1 Å². The van der Waals surface area contributed by atoms with E-state index in [1.165, 1.54) is 32.4 Å². The highest BCUT2D eigenvalue weighted by atomic mass is 32.2. The maximum Gasteiger partial charge on any atom is 0.241 e. The lowest BCUT2D eigenvalue weighted by molar-refractivity contribution is -0.133. The Bertz CT molecular complexity index is 712. The van der Waals surface area contributed by atoms with Gasteiger partial charge in [0, 0.05) is 19.2 Å². The molecule has 1 aliphatic heterocycles. The molecule has 0 bridgehead atoms. The van der Waals surface area contributed by atoms with Crippen LogP contribution in [0.25, 0.3) is 0 Å². The van der Waals surface area contributed by atoms with Gasteiger partial charge in [0.1, 0.15) is 0 Å². The zero-order valence-corrected chi connectivity index (χ0v) is 15.9. The molecule has 1 amide bonds. The topological polar surface area (TPSA) is 84.9 Å². The van der Waals surface area contributed by atoms with Gasteiger partial charge in [0.05, 0.1) is 25.2 Å². The van der Waals surface area contributed by atoms with Crippen LogP contribution >= 0.6 is 0 Å². The first-order valence-electron chi connectivity index (χ1n) is 8.31. The number of carbonyl (C=O) groups excluding carboxylic acids is 1. The summed E-state index contributed by atoms with van der Waals surface area (Å²) in [7, 11) is -0.932. The Balaban J connectivity index is 2.11. The summed E-state index contributed by atoms with van der Waals surface area (Å²) in [5.41, 5.74) is 0. The van der Waals surface area contributed by atoms with Crippen molar-refractivity contribution in [1.82, 2.24) is 9.62 Å². The normalized spacial score (nSPS) is 17.2. The van der Waals surface area contributed by atoms with E-state index in [4.69, 9.17) is 9.47 Å². The fraction of sp³-hybridized carbons (Fsp3) is 0.588. The lowest BCUT2D eigenvalue weighted by Crippen LogP contribution is -2.49. The molecule has 8 heteroatoms. The molecule has 1 N–H and O–H groups in total. The quantitative estimate of drug-likeness (QED) is 0.823. The zero-order valence-electron chi connectivity index (χ0n) is 15.1. The highest BCUT2D eigenvalue weighted by molar-refractivity contribution is 7.89. The molecule has 2 rings (SSSR count). The summed E-state index contributed by atoms with van der Waals surface area (Å²) in [5, 5.41) is 0. The Morgan fingerprint density at radius 3 is 2.36 bits per heavy atom. The molecule has 1 heterocycles. The molecule has 0 unspecified atom stereocenters. The van der Waals surface area contributed by atoms with Gasteiger partial charge in [-0.3, -0.25) is 4.79 Å². The number of amides is 1. The molecular weight excluding hydrogens is 344 g/mol. The van der Waals surface area contributed by atoms with Crippen LogP contribution in [0, 0.1) is 5.92 Å². The fourth-order valence-electron chi connectivity index (χ4n) is 2.84. The van der Waals surface area contributed by atoms with E-state index in [9.17, 15) is 13.2 Å². The maximum atomic E-state index is 12.6. The van der Waals surface area contributed by atoms with Gasteiger partial charge in [-0.05, 0) is 37.8 Å². The second kappa shape index (κ2) is 8.05. The molecule has 1 fully saturated rings. The number of hydrogen-bond donors (Lipinski definition) is 1. The lowest BCUT2D eigenvalue weighted by atomic mass is 9.99. The van der Waals surface area contributed by atoms with Crippen molar-refractivity contribution in [3.05, 3.63) is 18.2 Å². The van der Waals surface area contributed by atoms with Gasteiger partial charge in [0.25, 0.3) is 0 Å². The molecule has 7 nitrogen and oxygen atoms in total. The van der Waals surface area contributed by atoms with Crippen LogP contribution in [0.4, 0.5) is 0 Å². The van der Waals surface area contributed by atoms with E-state index in [2.05, 4.69) is 11.6 Å². The molecule has 0 spiro atoms. The van der Waals surface area contributed by atoms with Crippen LogP contribution < -0.4 is 14.2 Å². The van der Waals surface area contributed by atoms with Crippen molar-refractivity contribution in [1.29, 1.82) is 0 Å². The molecule has 0 aliphatic carbocycles. The third kappa shape index (κ3) is 4.64. The second-order valence-electron chi connectivity index (χ2n) is 6.37. The molecule has 140 valence electrons. The minimum Gasteiger partial charge on any atom is -0.493 e. The van der Waals surface area contributed by atoms with Gasteiger partial charge in [-0.2, -0.15) is 4.72 Å². The Kier molecular flexibility index (Phi) is 6.29. The van der Waals surface area contributed by atoms with Crippen LogP contribution in [0.2, 0.25) is 0 Å². The van der Waals surface area contributed by atoms with Gasteiger partial charge >= 0.3 is 0 Å². The minimum absolute atomic E-state index is 0.0251. The van der Waals surface area contributed by atoms with Crippen molar-refractivity contribution in [3.8, 4) is 11.5 Å². The number of hydrogen-bond acceptors (Lipinski definition) is 5. The molecule has 1 aliphatic rings. The van der Waals surface area contributed by atoms with Gasteiger partial charge in [-0.25, -0.2) is 8.42 Å². The molecular formula is C17H26N2O5S. The number of methoxy groups -OCH3 is 2. The first-order valence-corrected chi connectivity index (χ1v) is 9.80. The molecule has 1 atom stereocenters. The predicted molar refractivity (Wildman–Crippen MR) is 94.3 cm³/mol. The van der Waals surface area contributed by atoms with Gasteiger partial charge in [-0.1, -0.05) is 6.92 Å². The van der Waals surface area contributed by atoms with Crippen molar-refractivity contribution >= 4 is 15.9 Å². The van der Waals surface area contributed by atoms with Crippen LogP contribution in [0.5, 0.6) is 11.5 Å². The highest BCUT2D eigenvalue weighted by Gasteiger charge is 2.28. The van der Waals surface area contributed by atoms with Crippen molar-refractivity contribution in [3.63, 3.8) is 0 Å². The lowest BCUT2D eigenvalue weighted by Gasteiger charge is -2.32. The summed E-state index contributed by atoms with van der Waals surface area (Å²) < 4.78 is 37.8. The average molecular weight is 370 g/mol. The Hall–Kier alpha value is -1.80. The number of rotatable bonds is 6. The van der Waals surface area contributed by atoms with E-state index in [-0.39, 0.29) is 10.8 Å². The standard InChI is InChI=1S/C17H26N2O5S/c1-12-7-9-19(10-8-12)17(20)13(2)18-25(21,22)14-5-6-15(23-3)16(11-14)24-4/h5-6,11-13,18H,7-10H2,1-4H3/t13-/m0/s1. The molecule has 0 radical (unpaired) electrons. The van der Waals surface area contributed by atoms with E-state index in [0.29, 0.717) is 30.5 Å². The van der Waals surface area contributed by atoms with E-state index in [1.54, 1.807) is 11.8 Å². The first-order chi connectivity index (χ1) is 11.8. The number of nitrogens with zero attached hydrogens (tertiary/aromatic N) is 1. The van der Waals surface area contributed by atoms with E-state index in [0.717, 1.165) is 12.8 Å². The third-order valence-electron chi connectivity index (χ3n) is 4.46. The second-order valence-corrected chi connectivity index (χ2v) is 8.08. The van der Waals surface area contributed by atoms with Crippen molar-refractivity contribution in [2.75, 3.05) is 27.3 Å². The van der Waals surface area contributed by atoms with Gasteiger partial charge < -0.3 is 14.4 Å². The number of sulfonamides is 1. The van der Waals surface area contributed by atoms with Gasteiger partial charge in [0.15, 0.2) is 11.5 Å². The SMILES string of the molecule is COc1ccc(S(=O)(=O)N[C@@H](C)C(=O)N2CCC(C)CC2)cc1OC. The zero-order chi connectivity index (χ0) is 18.6. The van der Waals surface area contributed by atoms with Crippen LogP contribution in [0.1, 0.15) is 26.7 Å². The monoisotopic (exact) mass is 370 g/mol. The van der Waals surface area contributed by atoms with E-state index in [1.807, 2.05) is 0 Å².